The Labute approximate surface area is 153 Å². The Morgan fingerprint density at radius 1 is 1.23 bits per heavy atom. The normalized spacial score (nSPS) is 13.2. The van der Waals surface area contributed by atoms with Gasteiger partial charge in [-0.15, -0.1) is 0 Å². The molecule has 26 heavy (non-hydrogen) atoms. The number of hydrogen-bond acceptors (Lipinski definition) is 4. The van der Waals surface area contributed by atoms with Crippen LogP contribution in [0.5, 0.6) is 17.2 Å². The van der Waals surface area contributed by atoms with E-state index < -0.39 is 12.5 Å². The molecule has 2 aromatic rings. The molecule has 0 bridgehead atoms. The van der Waals surface area contributed by atoms with Crippen LogP contribution in [0.25, 0.3) is 0 Å². The molecule has 0 spiro atoms. The first-order valence-corrected chi connectivity index (χ1v) is 8.32. The molecule has 0 aliphatic carbocycles. The molecule has 1 N–H and O–H groups in total. The third kappa shape index (κ3) is 4.54. The van der Waals surface area contributed by atoms with Crippen molar-refractivity contribution in [3.8, 4) is 17.2 Å². The van der Waals surface area contributed by atoms with Crippen molar-refractivity contribution in [2.45, 2.75) is 19.6 Å². The molecule has 1 heterocycles. The van der Waals surface area contributed by atoms with Crippen LogP contribution in [0.2, 0.25) is 5.02 Å². The molecule has 0 fully saturated rings. The molecule has 0 aromatic heterocycles. The Kier molecular flexibility index (Phi) is 5.78. The second-order valence-corrected chi connectivity index (χ2v) is 5.95. The van der Waals surface area contributed by atoms with Crippen molar-refractivity contribution < 1.29 is 27.8 Å². The average molecular weight is 384 g/mol. The smallest absolute Gasteiger partial charge is 0.387 e. The van der Waals surface area contributed by atoms with Gasteiger partial charge in [-0.2, -0.15) is 8.78 Å². The highest BCUT2D eigenvalue weighted by molar-refractivity contribution is 6.32. The molecule has 1 aliphatic heterocycles. The quantitative estimate of drug-likeness (QED) is 0.846. The highest BCUT2D eigenvalue weighted by atomic mass is 35.5. The summed E-state index contributed by atoms with van der Waals surface area (Å²) in [5, 5.41) is 3.11. The molecule has 5 nitrogen and oxygen atoms in total. The van der Waals surface area contributed by atoms with Gasteiger partial charge in [-0.1, -0.05) is 17.7 Å². The Morgan fingerprint density at radius 2 is 2.04 bits per heavy atom. The predicted octanol–water partition coefficient (Wildman–Crippen LogP) is 4.03. The molecule has 3 rings (SSSR count). The van der Waals surface area contributed by atoms with E-state index in [4.69, 9.17) is 21.1 Å². The summed E-state index contributed by atoms with van der Waals surface area (Å²) in [5.41, 5.74) is 0.941. The van der Waals surface area contributed by atoms with Crippen LogP contribution in [0.15, 0.2) is 36.4 Å². The summed E-state index contributed by atoms with van der Waals surface area (Å²) in [6.07, 6.45) is 0.758. The van der Waals surface area contributed by atoms with Crippen molar-refractivity contribution in [3.05, 3.63) is 52.5 Å². The van der Waals surface area contributed by atoms with Gasteiger partial charge in [0.15, 0.2) is 11.5 Å². The van der Waals surface area contributed by atoms with Crippen LogP contribution >= 0.6 is 11.6 Å². The number of rotatable bonds is 5. The van der Waals surface area contributed by atoms with Gasteiger partial charge >= 0.3 is 6.61 Å². The van der Waals surface area contributed by atoms with Gasteiger partial charge in [0.05, 0.1) is 18.2 Å². The van der Waals surface area contributed by atoms with Crippen molar-refractivity contribution in [1.29, 1.82) is 0 Å². The minimum atomic E-state index is -2.95. The molecule has 0 saturated heterocycles. The predicted molar refractivity (Wildman–Crippen MR) is 91.3 cm³/mol. The van der Waals surface area contributed by atoms with Gasteiger partial charge < -0.3 is 19.5 Å². The van der Waals surface area contributed by atoms with Crippen molar-refractivity contribution in [3.63, 3.8) is 0 Å². The molecule has 2 aromatic carbocycles. The second-order valence-electron chi connectivity index (χ2n) is 5.54. The van der Waals surface area contributed by atoms with E-state index in [1.54, 1.807) is 12.1 Å². The van der Waals surface area contributed by atoms with E-state index in [1.165, 1.54) is 24.3 Å². The van der Waals surface area contributed by atoms with E-state index in [9.17, 15) is 13.6 Å². The standard InChI is InChI=1S/C18H16ClF2NO4/c19-14-7-11(8-15-16(14)25-6-2-5-24-15)10-22-17(23)12-3-1-4-13(9-12)26-18(20)21/h1,3-4,7-9,18H,2,5-6,10H2,(H,22,23). The van der Waals surface area contributed by atoms with E-state index >= 15 is 0 Å². The van der Waals surface area contributed by atoms with Crippen LogP contribution in [0.3, 0.4) is 0 Å². The zero-order valence-electron chi connectivity index (χ0n) is 13.6. The van der Waals surface area contributed by atoms with Gasteiger partial charge in [0, 0.05) is 18.5 Å². The van der Waals surface area contributed by atoms with E-state index in [2.05, 4.69) is 10.1 Å². The number of ether oxygens (including phenoxy) is 3. The lowest BCUT2D eigenvalue weighted by Crippen LogP contribution is -2.22. The molecular weight excluding hydrogens is 368 g/mol. The number of benzene rings is 2. The van der Waals surface area contributed by atoms with Crippen LogP contribution in [0.4, 0.5) is 8.78 Å². The topological polar surface area (TPSA) is 56.8 Å². The zero-order valence-corrected chi connectivity index (χ0v) is 14.4. The lowest BCUT2D eigenvalue weighted by atomic mass is 10.1. The first-order valence-electron chi connectivity index (χ1n) is 7.94. The molecule has 1 amide bonds. The molecule has 0 saturated carbocycles. The monoisotopic (exact) mass is 383 g/mol. The second kappa shape index (κ2) is 8.23. The number of amides is 1. The van der Waals surface area contributed by atoms with E-state index in [-0.39, 0.29) is 17.9 Å². The van der Waals surface area contributed by atoms with Crippen LogP contribution in [-0.4, -0.2) is 25.7 Å². The largest absolute Gasteiger partial charge is 0.489 e. The van der Waals surface area contributed by atoms with Gasteiger partial charge in [0.1, 0.15) is 5.75 Å². The van der Waals surface area contributed by atoms with Gasteiger partial charge in [-0.3, -0.25) is 4.79 Å². The van der Waals surface area contributed by atoms with Crippen LogP contribution in [-0.2, 0) is 6.54 Å². The van der Waals surface area contributed by atoms with Gasteiger partial charge in [-0.25, -0.2) is 0 Å². The van der Waals surface area contributed by atoms with Gasteiger partial charge in [0.25, 0.3) is 5.91 Å². The summed E-state index contributed by atoms with van der Waals surface area (Å²) in [7, 11) is 0. The summed E-state index contributed by atoms with van der Waals surface area (Å²) >= 11 is 6.22. The Morgan fingerprint density at radius 3 is 2.85 bits per heavy atom. The highest BCUT2D eigenvalue weighted by Gasteiger charge is 2.16. The SMILES string of the molecule is O=C(NCc1cc(Cl)c2c(c1)OCCCO2)c1cccc(OC(F)F)c1. The fraction of sp³-hybridized carbons (Fsp3) is 0.278. The lowest BCUT2D eigenvalue weighted by Gasteiger charge is -2.12. The van der Waals surface area contributed by atoms with Gasteiger partial charge in [0.2, 0.25) is 0 Å². The number of alkyl halides is 2. The van der Waals surface area contributed by atoms with Crippen LogP contribution in [0.1, 0.15) is 22.3 Å². The first kappa shape index (κ1) is 18.3. The molecule has 0 unspecified atom stereocenters. The summed E-state index contributed by atoms with van der Waals surface area (Å²) in [5.74, 6) is 0.530. The van der Waals surface area contributed by atoms with Gasteiger partial charge in [-0.05, 0) is 35.9 Å². The number of halogens is 3. The molecule has 138 valence electrons. The van der Waals surface area contributed by atoms with Crippen LogP contribution < -0.4 is 19.5 Å². The lowest BCUT2D eigenvalue weighted by molar-refractivity contribution is -0.0498. The summed E-state index contributed by atoms with van der Waals surface area (Å²) in [6, 6.07) is 9.02. The zero-order chi connectivity index (χ0) is 18.5. The highest BCUT2D eigenvalue weighted by Crippen LogP contribution is 2.37. The van der Waals surface area contributed by atoms with Crippen molar-refractivity contribution in [2.75, 3.05) is 13.2 Å². The third-order valence-corrected chi connectivity index (χ3v) is 3.92. The number of fused-ring (bicyclic) bond motifs is 1. The number of carbonyl (C=O) groups is 1. The number of carbonyl (C=O) groups excluding carboxylic acids is 1. The first-order chi connectivity index (χ1) is 12.5. The maximum absolute atomic E-state index is 12.3. The molecule has 0 radical (unpaired) electrons. The maximum atomic E-state index is 12.3. The summed E-state index contributed by atoms with van der Waals surface area (Å²) < 4.78 is 40.0. The van der Waals surface area contributed by atoms with Crippen molar-refractivity contribution in [2.24, 2.45) is 0 Å². The minimum absolute atomic E-state index is 0.0775. The van der Waals surface area contributed by atoms with E-state index in [0.29, 0.717) is 29.7 Å². The number of nitrogens with one attached hydrogen (secondary N) is 1. The third-order valence-electron chi connectivity index (χ3n) is 3.64. The van der Waals surface area contributed by atoms with Crippen LogP contribution in [0, 0.1) is 0 Å². The maximum Gasteiger partial charge on any atom is 0.387 e. The van der Waals surface area contributed by atoms with Crippen molar-refractivity contribution >= 4 is 17.5 Å². The molecule has 0 atom stereocenters. The minimum Gasteiger partial charge on any atom is -0.489 e. The summed E-state index contributed by atoms with van der Waals surface area (Å²) in [4.78, 5) is 12.2. The Hall–Kier alpha value is -2.54. The molecular formula is C18H16ClF2NO4. The fourth-order valence-electron chi connectivity index (χ4n) is 2.48. The Balaban J connectivity index is 1.68. The molecule has 1 aliphatic rings. The fourth-order valence-corrected chi connectivity index (χ4v) is 2.77. The average Bonchev–Trinajstić information content (AvgIpc) is 2.85. The molecule has 8 heteroatoms. The Bertz CT molecular complexity index is 801. The summed E-state index contributed by atoms with van der Waals surface area (Å²) in [6.45, 7) is -1.71. The number of hydrogen-bond donors (Lipinski definition) is 1. The van der Waals surface area contributed by atoms with E-state index in [0.717, 1.165) is 12.0 Å². The van der Waals surface area contributed by atoms with E-state index in [1.807, 2.05) is 0 Å². The van der Waals surface area contributed by atoms with Crippen molar-refractivity contribution in [1.82, 2.24) is 5.32 Å².